The van der Waals surface area contributed by atoms with Gasteiger partial charge in [-0.25, -0.2) is 14.6 Å². The summed E-state index contributed by atoms with van der Waals surface area (Å²) in [7, 11) is 1.70. The van der Waals surface area contributed by atoms with Crippen molar-refractivity contribution in [3.05, 3.63) is 53.1 Å². The molecule has 2 aliphatic heterocycles. The van der Waals surface area contributed by atoms with Crippen LogP contribution in [0.3, 0.4) is 0 Å². The molecule has 7 nitrogen and oxygen atoms in total. The van der Waals surface area contributed by atoms with Crippen molar-refractivity contribution in [2.45, 2.75) is 0 Å². The molecule has 26 heavy (non-hydrogen) atoms. The number of aromatic nitrogens is 4. The first-order valence-electron chi connectivity index (χ1n) is 8.93. The molecule has 0 radical (unpaired) electrons. The first-order valence-corrected chi connectivity index (χ1v) is 8.93. The summed E-state index contributed by atoms with van der Waals surface area (Å²) in [6.07, 6.45) is 1.66. The van der Waals surface area contributed by atoms with Crippen molar-refractivity contribution in [3.63, 3.8) is 0 Å². The van der Waals surface area contributed by atoms with E-state index in [0.717, 1.165) is 48.7 Å². The number of benzene rings is 1. The van der Waals surface area contributed by atoms with Gasteiger partial charge in [-0.1, -0.05) is 12.1 Å². The topological polar surface area (TPSA) is 67.2 Å². The van der Waals surface area contributed by atoms with Crippen LogP contribution >= 0.6 is 0 Å². The second-order valence-electron chi connectivity index (χ2n) is 7.20. The van der Waals surface area contributed by atoms with E-state index in [1.165, 1.54) is 4.68 Å². The summed E-state index contributed by atoms with van der Waals surface area (Å²) in [4.78, 5) is 25.2. The highest BCUT2D eigenvalue weighted by Gasteiger charge is 2.41. The zero-order chi connectivity index (χ0) is 17.7. The standard InChI is InChI=1S/C19H20N6O/c1-23-18(26)7-6-17(22-23)24-8-13-10-25(11-14(13)9-24)19-15-4-2-3-5-16(15)20-12-21-19/h2-7,12-14H,8-11H2,1H3. The maximum atomic E-state index is 11.6. The van der Waals surface area contributed by atoms with Gasteiger partial charge in [0.1, 0.15) is 18.0 Å². The smallest absolute Gasteiger partial charge is 0.266 e. The minimum atomic E-state index is -0.0741. The molecule has 2 saturated heterocycles. The molecule has 0 amide bonds. The van der Waals surface area contributed by atoms with E-state index in [2.05, 4.69) is 30.9 Å². The largest absolute Gasteiger partial charge is 0.355 e. The Morgan fingerprint density at radius 2 is 1.65 bits per heavy atom. The minimum Gasteiger partial charge on any atom is -0.355 e. The molecule has 0 bridgehead atoms. The highest BCUT2D eigenvalue weighted by molar-refractivity contribution is 5.89. The van der Waals surface area contributed by atoms with E-state index >= 15 is 0 Å². The Labute approximate surface area is 150 Å². The predicted molar refractivity (Wildman–Crippen MR) is 100 cm³/mol. The molecule has 5 rings (SSSR count). The summed E-state index contributed by atoms with van der Waals surface area (Å²) in [5.41, 5.74) is 0.917. The predicted octanol–water partition coefficient (Wildman–Crippen LogP) is 1.30. The highest BCUT2D eigenvalue weighted by atomic mass is 16.1. The first kappa shape index (κ1) is 15.3. The summed E-state index contributed by atoms with van der Waals surface area (Å²) >= 11 is 0. The molecule has 132 valence electrons. The van der Waals surface area contributed by atoms with Crippen LogP contribution in [-0.2, 0) is 7.05 Å². The average Bonchev–Trinajstić information content (AvgIpc) is 3.22. The van der Waals surface area contributed by atoms with Crippen LogP contribution in [0.5, 0.6) is 0 Å². The molecular formula is C19H20N6O. The van der Waals surface area contributed by atoms with Gasteiger partial charge >= 0.3 is 0 Å². The average molecular weight is 348 g/mol. The maximum absolute atomic E-state index is 11.6. The second-order valence-corrected chi connectivity index (χ2v) is 7.20. The Morgan fingerprint density at radius 1 is 0.923 bits per heavy atom. The van der Waals surface area contributed by atoms with Gasteiger partial charge in [0.25, 0.3) is 5.56 Å². The SMILES string of the molecule is Cn1nc(N2CC3CN(c4ncnc5ccccc45)CC3C2)ccc1=O. The molecule has 4 heterocycles. The van der Waals surface area contributed by atoms with E-state index in [4.69, 9.17) is 0 Å². The van der Waals surface area contributed by atoms with Crippen molar-refractivity contribution in [3.8, 4) is 0 Å². The van der Waals surface area contributed by atoms with Crippen molar-refractivity contribution in [1.82, 2.24) is 19.7 Å². The minimum absolute atomic E-state index is 0.0741. The maximum Gasteiger partial charge on any atom is 0.266 e. The molecule has 2 aromatic heterocycles. The molecule has 2 aliphatic rings. The van der Waals surface area contributed by atoms with Crippen LogP contribution < -0.4 is 15.4 Å². The Kier molecular flexibility index (Phi) is 3.41. The normalized spacial score (nSPS) is 22.2. The summed E-state index contributed by atoms with van der Waals surface area (Å²) in [5, 5.41) is 5.51. The zero-order valence-corrected chi connectivity index (χ0v) is 14.6. The Morgan fingerprint density at radius 3 is 2.42 bits per heavy atom. The van der Waals surface area contributed by atoms with Crippen LogP contribution in [0.2, 0.25) is 0 Å². The van der Waals surface area contributed by atoms with Gasteiger partial charge in [0.15, 0.2) is 0 Å². The van der Waals surface area contributed by atoms with Crippen molar-refractivity contribution < 1.29 is 0 Å². The van der Waals surface area contributed by atoms with Gasteiger partial charge in [-0.15, -0.1) is 0 Å². The van der Waals surface area contributed by atoms with Crippen LogP contribution in [-0.4, -0.2) is 45.9 Å². The molecular weight excluding hydrogens is 328 g/mol. The van der Waals surface area contributed by atoms with Gasteiger partial charge in [-0.2, -0.15) is 5.10 Å². The molecule has 3 aromatic rings. The second kappa shape index (κ2) is 5.79. The lowest BCUT2D eigenvalue weighted by molar-refractivity contribution is 0.533. The number of fused-ring (bicyclic) bond motifs is 2. The summed E-state index contributed by atoms with van der Waals surface area (Å²) in [6, 6.07) is 11.6. The van der Waals surface area contributed by atoms with E-state index in [9.17, 15) is 4.79 Å². The van der Waals surface area contributed by atoms with Crippen molar-refractivity contribution in [1.29, 1.82) is 0 Å². The molecule has 7 heteroatoms. The molecule has 0 saturated carbocycles. The summed E-state index contributed by atoms with van der Waals surface area (Å²) in [6.45, 7) is 3.92. The van der Waals surface area contributed by atoms with E-state index in [-0.39, 0.29) is 5.56 Å². The third-order valence-corrected chi connectivity index (χ3v) is 5.58. The fraction of sp³-hybridized carbons (Fsp3) is 0.368. The van der Waals surface area contributed by atoms with Crippen molar-refractivity contribution in [2.75, 3.05) is 36.0 Å². The molecule has 1 aromatic carbocycles. The molecule has 0 aliphatic carbocycles. The Balaban J connectivity index is 1.37. The number of aryl methyl sites for hydroxylation is 1. The zero-order valence-electron chi connectivity index (χ0n) is 14.6. The monoisotopic (exact) mass is 348 g/mol. The summed E-state index contributed by atoms with van der Waals surface area (Å²) < 4.78 is 1.41. The Hall–Kier alpha value is -2.96. The van der Waals surface area contributed by atoms with Crippen LogP contribution in [0.1, 0.15) is 0 Å². The van der Waals surface area contributed by atoms with Gasteiger partial charge in [-0.3, -0.25) is 4.79 Å². The number of anilines is 2. The lowest BCUT2D eigenvalue weighted by Crippen LogP contribution is -2.31. The fourth-order valence-corrected chi connectivity index (χ4v) is 4.25. The Bertz CT molecular complexity index is 1010. The van der Waals surface area contributed by atoms with Crippen LogP contribution in [0, 0.1) is 11.8 Å². The van der Waals surface area contributed by atoms with Crippen LogP contribution in [0.25, 0.3) is 10.9 Å². The van der Waals surface area contributed by atoms with Crippen molar-refractivity contribution >= 4 is 22.5 Å². The van der Waals surface area contributed by atoms with Gasteiger partial charge < -0.3 is 9.80 Å². The molecule has 2 fully saturated rings. The van der Waals surface area contributed by atoms with Gasteiger partial charge in [0.05, 0.1) is 5.52 Å². The van der Waals surface area contributed by atoms with E-state index in [0.29, 0.717) is 11.8 Å². The molecule has 0 N–H and O–H groups in total. The summed E-state index contributed by atoms with van der Waals surface area (Å²) in [5.74, 6) is 3.10. The third kappa shape index (κ3) is 2.42. The lowest BCUT2D eigenvalue weighted by Gasteiger charge is -2.23. The van der Waals surface area contributed by atoms with Gasteiger partial charge in [0, 0.05) is 56.5 Å². The molecule has 2 unspecified atom stereocenters. The van der Waals surface area contributed by atoms with Crippen molar-refractivity contribution in [2.24, 2.45) is 18.9 Å². The molecule has 2 atom stereocenters. The first-order chi connectivity index (χ1) is 12.7. The van der Waals surface area contributed by atoms with Gasteiger partial charge in [0.2, 0.25) is 0 Å². The highest BCUT2D eigenvalue weighted by Crippen LogP contribution is 2.36. The third-order valence-electron chi connectivity index (χ3n) is 5.58. The van der Waals surface area contributed by atoms with E-state index < -0.39 is 0 Å². The quantitative estimate of drug-likeness (QED) is 0.695. The van der Waals surface area contributed by atoms with Crippen LogP contribution in [0.4, 0.5) is 11.6 Å². The number of hydrogen-bond donors (Lipinski definition) is 0. The number of rotatable bonds is 2. The van der Waals surface area contributed by atoms with E-state index in [1.807, 2.05) is 24.3 Å². The number of hydrogen-bond acceptors (Lipinski definition) is 6. The van der Waals surface area contributed by atoms with Gasteiger partial charge in [-0.05, 0) is 18.2 Å². The lowest BCUT2D eigenvalue weighted by atomic mass is 10.0. The number of nitrogens with zero attached hydrogens (tertiary/aromatic N) is 6. The fourth-order valence-electron chi connectivity index (χ4n) is 4.25. The van der Waals surface area contributed by atoms with E-state index in [1.54, 1.807) is 19.4 Å². The number of para-hydroxylation sites is 1. The molecule has 0 spiro atoms. The van der Waals surface area contributed by atoms with Crippen LogP contribution in [0.15, 0.2) is 47.5 Å².